The second-order valence-corrected chi connectivity index (χ2v) is 5.64. The summed E-state index contributed by atoms with van der Waals surface area (Å²) in [6, 6.07) is 0. The molecule has 1 fully saturated rings. The summed E-state index contributed by atoms with van der Waals surface area (Å²) in [6.45, 7) is 1.92. The average molecular weight is 273 g/mol. The molecule has 0 saturated heterocycles. The summed E-state index contributed by atoms with van der Waals surface area (Å²) in [5.41, 5.74) is 1.72. The van der Waals surface area contributed by atoms with Crippen LogP contribution in [0.4, 0.5) is 0 Å². The number of rotatable bonds is 5. The van der Waals surface area contributed by atoms with Crippen molar-refractivity contribution in [2.75, 3.05) is 7.11 Å². The Morgan fingerprint density at radius 2 is 2.22 bits per heavy atom. The van der Waals surface area contributed by atoms with Gasteiger partial charge in [-0.05, 0) is 26.2 Å². The molecule has 0 aliphatic heterocycles. The normalized spacial score (nSPS) is 19.6. The van der Waals surface area contributed by atoms with Crippen LogP contribution in [0.25, 0.3) is 0 Å². The zero-order valence-corrected chi connectivity index (χ0v) is 12.0. The van der Waals surface area contributed by atoms with Crippen LogP contribution in [-0.2, 0) is 18.2 Å². The van der Waals surface area contributed by atoms with Crippen LogP contribution in [0.2, 0.25) is 5.15 Å². The fourth-order valence-electron chi connectivity index (χ4n) is 2.71. The highest BCUT2D eigenvalue weighted by Gasteiger charge is 2.38. The highest BCUT2D eigenvalue weighted by molar-refractivity contribution is 6.30. The third-order valence-electron chi connectivity index (χ3n) is 4.02. The van der Waals surface area contributed by atoms with E-state index in [2.05, 4.69) is 5.10 Å². The summed E-state index contributed by atoms with van der Waals surface area (Å²) in [6.07, 6.45) is 4.07. The van der Waals surface area contributed by atoms with Gasteiger partial charge in [-0.3, -0.25) is 4.68 Å². The van der Waals surface area contributed by atoms with E-state index in [1.807, 2.05) is 14.0 Å². The molecule has 5 heteroatoms. The topological polar surface area (TPSA) is 47.3 Å². The molecule has 18 heavy (non-hydrogen) atoms. The number of aliphatic hydroxyl groups excluding tert-OH is 1. The van der Waals surface area contributed by atoms with Crippen molar-refractivity contribution in [2.24, 2.45) is 7.05 Å². The fraction of sp³-hybridized carbons (Fsp3) is 0.769. The van der Waals surface area contributed by atoms with Crippen molar-refractivity contribution in [3.05, 3.63) is 16.4 Å². The van der Waals surface area contributed by atoms with Gasteiger partial charge >= 0.3 is 0 Å². The number of hydrogen-bond donors (Lipinski definition) is 1. The lowest BCUT2D eigenvalue weighted by Gasteiger charge is -2.41. The molecule has 1 aromatic heterocycles. The smallest absolute Gasteiger partial charge is 0.130 e. The molecule has 1 aliphatic rings. The SMILES string of the molecule is COC1(CC(O)Cc2c(C)nn(C)c2Cl)CCC1. The molecule has 2 rings (SSSR count). The van der Waals surface area contributed by atoms with E-state index in [-0.39, 0.29) is 5.60 Å². The van der Waals surface area contributed by atoms with Crippen molar-refractivity contribution >= 4 is 11.6 Å². The molecular formula is C13H21ClN2O2. The van der Waals surface area contributed by atoms with Crippen LogP contribution in [-0.4, -0.2) is 33.7 Å². The van der Waals surface area contributed by atoms with Gasteiger partial charge in [0, 0.05) is 32.6 Å². The summed E-state index contributed by atoms with van der Waals surface area (Å²) in [4.78, 5) is 0. The van der Waals surface area contributed by atoms with Crippen molar-refractivity contribution in [3.63, 3.8) is 0 Å². The molecule has 0 bridgehead atoms. The monoisotopic (exact) mass is 272 g/mol. The van der Waals surface area contributed by atoms with Gasteiger partial charge in [0.15, 0.2) is 0 Å². The second-order valence-electron chi connectivity index (χ2n) is 5.28. The standard InChI is InChI=1S/C13H21ClN2O2/c1-9-11(12(14)16(2)15-9)7-10(17)8-13(18-3)5-4-6-13/h10,17H,4-8H2,1-3H3. The number of halogens is 1. The molecule has 102 valence electrons. The Kier molecular flexibility index (Phi) is 3.99. The minimum absolute atomic E-state index is 0.109. The zero-order chi connectivity index (χ0) is 13.3. The first-order chi connectivity index (χ1) is 8.47. The molecule has 0 radical (unpaired) electrons. The first-order valence-corrected chi connectivity index (χ1v) is 6.76. The van der Waals surface area contributed by atoms with Crippen LogP contribution < -0.4 is 0 Å². The molecule has 1 saturated carbocycles. The molecule has 1 heterocycles. The summed E-state index contributed by atoms with van der Waals surface area (Å²) in [5, 5.41) is 15.1. The molecule has 0 aromatic carbocycles. The zero-order valence-electron chi connectivity index (χ0n) is 11.2. The van der Waals surface area contributed by atoms with Gasteiger partial charge in [-0.15, -0.1) is 0 Å². The van der Waals surface area contributed by atoms with Crippen molar-refractivity contribution < 1.29 is 9.84 Å². The number of ether oxygens (including phenoxy) is 1. The molecule has 4 nitrogen and oxygen atoms in total. The Labute approximate surface area is 113 Å². The van der Waals surface area contributed by atoms with Gasteiger partial charge in [0.1, 0.15) is 5.15 Å². The maximum Gasteiger partial charge on any atom is 0.130 e. The number of aliphatic hydroxyl groups is 1. The Morgan fingerprint density at radius 3 is 2.61 bits per heavy atom. The van der Waals surface area contributed by atoms with E-state index in [9.17, 15) is 5.11 Å². The van der Waals surface area contributed by atoms with E-state index in [0.29, 0.717) is 18.0 Å². The molecule has 1 unspecified atom stereocenters. The Bertz CT molecular complexity index is 421. The summed E-state index contributed by atoms with van der Waals surface area (Å²) in [7, 11) is 3.54. The largest absolute Gasteiger partial charge is 0.393 e. The molecule has 1 atom stereocenters. The minimum atomic E-state index is -0.425. The average Bonchev–Trinajstić information content (AvgIpc) is 2.51. The highest BCUT2D eigenvalue weighted by atomic mass is 35.5. The van der Waals surface area contributed by atoms with E-state index in [1.165, 1.54) is 6.42 Å². The third-order valence-corrected chi connectivity index (χ3v) is 4.49. The van der Waals surface area contributed by atoms with E-state index < -0.39 is 6.10 Å². The van der Waals surface area contributed by atoms with E-state index in [1.54, 1.807) is 11.8 Å². The number of hydrogen-bond acceptors (Lipinski definition) is 3. The van der Waals surface area contributed by atoms with Crippen LogP contribution in [0.1, 0.15) is 36.9 Å². The van der Waals surface area contributed by atoms with Crippen molar-refractivity contribution in [1.82, 2.24) is 9.78 Å². The minimum Gasteiger partial charge on any atom is -0.393 e. The summed E-state index contributed by atoms with van der Waals surface area (Å²) >= 11 is 6.17. The Balaban J connectivity index is 2.00. The van der Waals surface area contributed by atoms with Crippen molar-refractivity contribution in [3.8, 4) is 0 Å². The lowest BCUT2D eigenvalue weighted by molar-refractivity contribution is -0.0989. The van der Waals surface area contributed by atoms with Gasteiger partial charge in [-0.25, -0.2) is 0 Å². The maximum atomic E-state index is 10.2. The summed E-state index contributed by atoms with van der Waals surface area (Å²) < 4.78 is 7.18. The predicted molar refractivity (Wildman–Crippen MR) is 70.9 cm³/mol. The van der Waals surface area contributed by atoms with E-state index >= 15 is 0 Å². The van der Waals surface area contributed by atoms with Gasteiger partial charge in [0.25, 0.3) is 0 Å². The molecule has 0 spiro atoms. The van der Waals surface area contributed by atoms with Crippen LogP contribution in [0.5, 0.6) is 0 Å². The van der Waals surface area contributed by atoms with Gasteiger partial charge in [0.05, 0.1) is 17.4 Å². The van der Waals surface area contributed by atoms with Crippen LogP contribution in [0, 0.1) is 6.92 Å². The van der Waals surface area contributed by atoms with Crippen molar-refractivity contribution in [2.45, 2.75) is 50.7 Å². The fourth-order valence-corrected chi connectivity index (χ4v) is 2.96. The lowest BCUT2D eigenvalue weighted by atomic mass is 9.75. The maximum absolute atomic E-state index is 10.2. The highest BCUT2D eigenvalue weighted by Crippen LogP contribution is 2.39. The second kappa shape index (κ2) is 5.19. The first kappa shape index (κ1) is 13.8. The van der Waals surface area contributed by atoms with Gasteiger partial charge in [-0.1, -0.05) is 11.6 Å². The molecular weight excluding hydrogens is 252 g/mol. The quantitative estimate of drug-likeness (QED) is 0.894. The molecule has 0 amide bonds. The number of aryl methyl sites for hydroxylation is 2. The molecule has 1 aromatic rings. The van der Waals surface area contributed by atoms with Gasteiger partial charge in [0.2, 0.25) is 0 Å². The number of methoxy groups -OCH3 is 1. The lowest BCUT2D eigenvalue weighted by Crippen LogP contribution is -2.42. The van der Waals surface area contributed by atoms with Crippen LogP contribution >= 0.6 is 11.6 Å². The van der Waals surface area contributed by atoms with Gasteiger partial charge in [-0.2, -0.15) is 5.10 Å². The predicted octanol–water partition coefficient (Wildman–Crippen LogP) is 2.24. The van der Waals surface area contributed by atoms with Crippen LogP contribution in [0.3, 0.4) is 0 Å². The van der Waals surface area contributed by atoms with Crippen molar-refractivity contribution in [1.29, 1.82) is 0 Å². The number of nitrogens with zero attached hydrogens (tertiary/aromatic N) is 2. The van der Waals surface area contributed by atoms with Gasteiger partial charge < -0.3 is 9.84 Å². The first-order valence-electron chi connectivity index (χ1n) is 6.38. The van der Waals surface area contributed by atoms with E-state index in [4.69, 9.17) is 16.3 Å². The Morgan fingerprint density at radius 1 is 1.56 bits per heavy atom. The number of aromatic nitrogens is 2. The van der Waals surface area contributed by atoms with Crippen LogP contribution in [0.15, 0.2) is 0 Å². The third kappa shape index (κ3) is 2.56. The Hall–Kier alpha value is -0.580. The summed E-state index contributed by atoms with van der Waals surface area (Å²) in [5.74, 6) is 0. The molecule has 1 aliphatic carbocycles. The van der Waals surface area contributed by atoms with E-state index in [0.717, 1.165) is 24.1 Å². The molecule has 1 N–H and O–H groups in total.